The minimum Gasteiger partial charge on any atom is -0.387 e. The van der Waals surface area contributed by atoms with E-state index >= 15 is 0 Å². The minimum atomic E-state index is -0.391. The Bertz CT molecular complexity index is 477. The first-order valence-corrected chi connectivity index (χ1v) is 9.26. The molecule has 5 nitrogen and oxygen atoms in total. The Morgan fingerprint density at radius 2 is 1.75 bits per heavy atom. The average Bonchev–Trinajstić information content (AvgIpc) is 2.64. The molecule has 1 N–H and O–H groups in total. The molecule has 0 radical (unpaired) electrons. The van der Waals surface area contributed by atoms with E-state index in [1.807, 2.05) is 30.3 Å². The number of morpholine rings is 1. The van der Waals surface area contributed by atoms with Gasteiger partial charge in [-0.2, -0.15) is 0 Å². The van der Waals surface area contributed by atoms with Crippen molar-refractivity contribution in [3.05, 3.63) is 35.9 Å². The maximum absolute atomic E-state index is 10.4. The molecule has 134 valence electrons. The Morgan fingerprint density at radius 3 is 2.46 bits per heavy atom. The summed E-state index contributed by atoms with van der Waals surface area (Å²) >= 11 is 0. The summed E-state index contributed by atoms with van der Waals surface area (Å²) in [4.78, 5) is 7.35. The van der Waals surface area contributed by atoms with Gasteiger partial charge in [0.15, 0.2) is 0 Å². The van der Waals surface area contributed by atoms with Gasteiger partial charge in [-0.15, -0.1) is 0 Å². The molecule has 1 aromatic carbocycles. The summed E-state index contributed by atoms with van der Waals surface area (Å²) in [7, 11) is 0. The summed E-state index contributed by atoms with van der Waals surface area (Å²) in [6, 6.07) is 9.96. The lowest BCUT2D eigenvalue weighted by molar-refractivity contribution is -0.0479. The molecule has 2 heterocycles. The van der Waals surface area contributed by atoms with Crippen LogP contribution in [0.5, 0.6) is 0 Å². The zero-order valence-electron chi connectivity index (χ0n) is 14.8. The van der Waals surface area contributed by atoms with E-state index in [0.717, 1.165) is 71.1 Å². The van der Waals surface area contributed by atoms with Crippen LogP contribution in [0.25, 0.3) is 0 Å². The number of ether oxygens (including phenoxy) is 1. The normalized spacial score (nSPS) is 25.7. The largest absolute Gasteiger partial charge is 0.387 e. The lowest BCUT2D eigenvalue weighted by atomic mass is 10.1. The Labute approximate surface area is 145 Å². The van der Waals surface area contributed by atoms with Crippen LogP contribution >= 0.6 is 0 Å². The molecule has 2 fully saturated rings. The second-order valence-electron chi connectivity index (χ2n) is 6.91. The smallest absolute Gasteiger partial charge is 0.0916 e. The van der Waals surface area contributed by atoms with Crippen LogP contribution in [-0.4, -0.2) is 91.4 Å². The Kier molecular flexibility index (Phi) is 6.63. The molecule has 5 heteroatoms. The number of piperazine rings is 1. The molecule has 0 aromatic heterocycles. The summed E-state index contributed by atoms with van der Waals surface area (Å²) in [5.74, 6) is 0. The number of aliphatic hydroxyl groups is 1. The fourth-order valence-electron chi connectivity index (χ4n) is 3.65. The molecule has 0 bridgehead atoms. The number of likely N-dealkylation sites (N-methyl/N-ethyl adjacent to an activating group) is 1. The van der Waals surface area contributed by atoms with Crippen molar-refractivity contribution in [2.45, 2.75) is 19.1 Å². The lowest BCUT2D eigenvalue weighted by Crippen LogP contribution is -2.52. The van der Waals surface area contributed by atoms with Crippen LogP contribution in [0, 0.1) is 0 Å². The van der Waals surface area contributed by atoms with Gasteiger partial charge in [-0.05, 0) is 12.1 Å². The molecule has 2 aliphatic rings. The van der Waals surface area contributed by atoms with Gasteiger partial charge >= 0.3 is 0 Å². The molecule has 2 atom stereocenters. The third-order valence-electron chi connectivity index (χ3n) is 5.21. The van der Waals surface area contributed by atoms with Crippen LogP contribution in [0.15, 0.2) is 30.3 Å². The molecule has 0 spiro atoms. The van der Waals surface area contributed by atoms with Crippen molar-refractivity contribution in [2.24, 2.45) is 0 Å². The van der Waals surface area contributed by atoms with E-state index in [9.17, 15) is 5.11 Å². The molecule has 0 aliphatic carbocycles. The SMILES string of the molecule is CCN1CCOC(CN2CCN(CC(O)c3ccccc3)CC2)C1. The summed E-state index contributed by atoms with van der Waals surface area (Å²) in [5, 5.41) is 10.4. The number of hydrogen-bond acceptors (Lipinski definition) is 5. The molecule has 2 saturated heterocycles. The van der Waals surface area contributed by atoms with Gasteiger partial charge in [-0.1, -0.05) is 37.3 Å². The fourth-order valence-corrected chi connectivity index (χ4v) is 3.65. The second-order valence-corrected chi connectivity index (χ2v) is 6.91. The predicted molar refractivity (Wildman–Crippen MR) is 96.1 cm³/mol. The number of rotatable bonds is 6. The first-order valence-electron chi connectivity index (χ1n) is 9.26. The zero-order chi connectivity index (χ0) is 16.8. The lowest BCUT2D eigenvalue weighted by Gasteiger charge is -2.39. The van der Waals surface area contributed by atoms with E-state index < -0.39 is 6.10 Å². The molecule has 2 aliphatic heterocycles. The first kappa shape index (κ1) is 17.8. The van der Waals surface area contributed by atoms with Gasteiger partial charge in [0, 0.05) is 52.4 Å². The van der Waals surface area contributed by atoms with Crippen LogP contribution in [0.3, 0.4) is 0 Å². The van der Waals surface area contributed by atoms with Crippen molar-refractivity contribution in [2.75, 3.05) is 65.5 Å². The van der Waals surface area contributed by atoms with E-state index in [2.05, 4.69) is 21.6 Å². The van der Waals surface area contributed by atoms with Gasteiger partial charge in [-0.3, -0.25) is 14.7 Å². The quantitative estimate of drug-likeness (QED) is 0.843. The second kappa shape index (κ2) is 8.92. The van der Waals surface area contributed by atoms with Crippen molar-refractivity contribution in [1.29, 1.82) is 0 Å². The number of benzene rings is 1. The zero-order valence-corrected chi connectivity index (χ0v) is 14.8. The van der Waals surface area contributed by atoms with Crippen LogP contribution < -0.4 is 0 Å². The van der Waals surface area contributed by atoms with Gasteiger partial charge in [0.2, 0.25) is 0 Å². The summed E-state index contributed by atoms with van der Waals surface area (Å²) in [6.45, 7) is 12.3. The van der Waals surface area contributed by atoms with Gasteiger partial charge in [-0.25, -0.2) is 0 Å². The van der Waals surface area contributed by atoms with E-state index in [0.29, 0.717) is 6.10 Å². The molecule has 3 rings (SSSR count). The monoisotopic (exact) mass is 333 g/mol. The number of hydrogen-bond donors (Lipinski definition) is 1. The summed E-state index contributed by atoms with van der Waals surface area (Å²) < 4.78 is 5.93. The highest BCUT2D eigenvalue weighted by molar-refractivity contribution is 5.17. The third-order valence-corrected chi connectivity index (χ3v) is 5.21. The van der Waals surface area contributed by atoms with Crippen molar-refractivity contribution < 1.29 is 9.84 Å². The molecule has 0 saturated carbocycles. The predicted octanol–water partition coefficient (Wildman–Crippen LogP) is 1.06. The molecule has 24 heavy (non-hydrogen) atoms. The molecular weight excluding hydrogens is 302 g/mol. The van der Waals surface area contributed by atoms with E-state index in [1.54, 1.807) is 0 Å². The Morgan fingerprint density at radius 1 is 1.04 bits per heavy atom. The fraction of sp³-hybridized carbons (Fsp3) is 0.684. The van der Waals surface area contributed by atoms with Gasteiger partial charge in [0.25, 0.3) is 0 Å². The molecule has 1 aromatic rings. The van der Waals surface area contributed by atoms with Crippen molar-refractivity contribution in [3.63, 3.8) is 0 Å². The maximum atomic E-state index is 10.4. The standard InChI is InChI=1S/C19H31N3O2/c1-2-20-12-13-24-18(14-20)15-21-8-10-22(11-9-21)16-19(23)17-6-4-3-5-7-17/h3-7,18-19,23H,2,8-16H2,1H3. The van der Waals surface area contributed by atoms with E-state index in [4.69, 9.17) is 4.74 Å². The van der Waals surface area contributed by atoms with E-state index in [-0.39, 0.29) is 0 Å². The molecular formula is C19H31N3O2. The number of β-amino-alcohol motifs (C(OH)–C–C–N with tert-alkyl or cyclic N) is 1. The molecule has 0 amide bonds. The van der Waals surface area contributed by atoms with Crippen molar-refractivity contribution >= 4 is 0 Å². The minimum absolute atomic E-state index is 0.347. The van der Waals surface area contributed by atoms with Gasteiger partial charge in [0.05, 0.1) is 18.8 Å². The number of aliphatic hydroxyl groups excluding tert-OH is 1. The topological polar surface area (TPSA) is 39.2 Å². The van der Waals surface area contributed by atoms with Crippen molar-refractivity contribution in [3.8, 4) is 0 Å². The highest BCUT2D eigenvalue weighted by atomic mass is 16.5. The van der Waals surface area contributed by atoms with E-state index in [1.165, 1.54) is 0 Å². The molecule has 2 unspecified atom stereocenters. The summed E-state index contributed by atoms with van der Waals surface area (Å²) in [6.07, 6.45) is -0.0438. The Balaban J connectivity index is 1.39. The van der Waals surface area contributed by atoms with Crippen LogP contribution in [0.2, 0.25) is 0 Å². The highest BCUT2D eigenvalue weighted by Crippen LogP contribution is 2.15. The van der Waals surface area contributed by atoms with Crippen LogP contribution in [-0.2, 0) is 4.74 Å². The third kappa shape index (κ3) is 5.01. The Hall–Kier alpha value is -0.980. The highest BCUT2D eigenvalue weighted by Gasteiger charge is 2.25. The first-order chi connectivity index (χ1) is 11.7. The van der Waals surface area contributed by atoms with Gasteiger partial charge in [0.1, 0.15) is 0 Å². The maximum Gasteiger partial charge on any atom is 0.0916 e. The van der Waals surface area contributed by atoms with Crippen LogP contribution in [0.1, 0.15) is 18.6 Å². The summed E-state index contributed by atoms with van der Waals surface area (Å²) in [5.41, 5.74) is 1.01. The van der Waals surface area contributed by atoms with Gasteiger partial charge < -0.3 is 9.84 Å². The van der Waals surface area contributed by atoms with Crippen LogP contribution in [0.4, 0.5) is 0 Å². The number of nitrogens with zero attached hydrogens (tertiary/aromatic N) is 3. The van der Waals surface area contributed by atoms with Crippen molar-refractivity contribution in [1.82, 2.24) is 14.7 Å². The average molecular weight is 333 g/mol.